The van der Waals surface area contributed by atoms with E-state index in [2.05, 4.69) is 27.9 Å². The van der Waals surface area contributed by atoms with E-state index in [0.29, 0.717) is 41.0 Å². The number of halogens is 2. The Hall–Kier alpha value is -3.02. The maximum absolute atomic E-state index is 12.8. The number of amides is 1. The number of nitrogens with zero attached hydrogens (tertiary/aromatic N) is 1. The average Bonchev–Trinajstić information content (AvgIpc) is 2.80. The molecule has 34 heavy (non-hydrogen) atoms. The molecule has 0 unspecified atom stereocenters. The van der Waals surface area contributed by atoms with Gasteiger partial charge in [-0.1, -0.05) is 35.9 Å². The highest BCUT2D eigenvalue weighted by atomic mass is 127. The lowest BCUT2D eigenvalue weighted by molar-refractivity contribution is -0.112. The van der Waals surface area contributed by atoms with Gasteiger partial charge in [-0.3, -0.25) is 4.79 Å². The van der Waals surface area contributed by atoms with Crippen LogP contribution in [0, 0.1) is 28.7 Å². The molecular formula is C27H24ClIN2O3. The molecule has 3 aromatic carbocycles. The Morgan fingerprint density at radius 3 is 2.62 bits per heavy atom. The summed E-state index contributed by atoms with van der Waals surface area (Å²) in [6, 6.07) is 18.7. The maximum atomic E-state index is 12.8. The van der Waals surface area contributed by atoms with Crippen molar-refractivity contribution in [3.63, 3.8) is 0 Å². The van der Waals surface area contributed by atoms with Crippen LogP contribution in [-0.4, -0.2) is 12.5 Å². The fourth-order valence-electron chi connectivity index (χ4n) is 3.25. The molecule has 7 heteroatoms. The van der Waals surface area contributed by atoms with Gasteiger partial charge in [0.15, 0.2) is 11.5 Å². The summed E-state index contributed by atoms with van der Waals surface area (Å²) >= 11 is 8.23. The van der Waals surface area contributed by atoms with Gasteiger partial charge >= 0.3 is 0 Å². The molecule has 0 aromatic heterocycles. The van der Waals surface area contributed by atoms with Crippen LogP contribution in [0.3, 0.4) is 0 Å². The van der Waals surface area contributed by atoms with E-state index in [-0.39, 0.29) is 5.57 Å². The summed E-state index contributed by atoms with van der Waals surface area (Å²) in [4.78, 5) is 12.8. The number of hydrogen-bond donors (Lipinski definition) is 1. The van der Waals surface area contributed by atoms with Crippen LogP contribution in [0.25, 0.3) is 6.08 Å². The molecule has 0 saturated heterocycles. The van der Waals surface area contributed by atoms with E-state index in [1.807, 2.05) is 75.4 Å². The lowest BCUT2D eigenvalue weighted by atomic mass is 10.1. The van der Waals surface area contributed by atoms with Crippen LogP contribution < -0.4 is 14.8 Å². The number of rotatable bonds is 8. The summed E-state index contributed by atoms with van der Waals surface area (Å²) in [7, 11) is 0. The van der Waals surface area contributed by atoms with Gasteiger partial charge in [-0.25, -0.2) is 0 Å². The number of ether oxygens (including phenoxy) is 2. The smallest absolute Gasteiger partial charge is 0.266 e. The second kappa shape index (κ2) is 11.9. The van der Waals surface area contributed by atoms with Gasteiger partial charge in [-0.15, -0.1) is 0 Å². The van der Waals surface area contributed by atoms with Crippen molar-refractivity contribution in [2.75, 3.05) is 11.9 Å². The number of hydrogen-bond acceptors (Lipinski definition) is 4. The molecule has 3 rings (SSSR count). The van der Waals surface area contributed by atoms with Crippen LogP contribution in [-0.2, 0) is 11.4 Å². The number of aryl methyl sites for hydroxylation is 1. The number of benzene rings is 3. The van der Waals surface area contributed by atoms with E-state index in [1.165, 1.54) is 0 Å². The van der Waals surface area contributed by atoms with Gasteiger partial charge in [0.25, 0.3) is 5.91 Å². The zero-order valence-corrected chi connectivity index (χ0v) is 22.0. The highest BCUT2D eigenvalue weighted by Gasteiger charge is 2.15. The highest BCUT2D eigenvalue weighted by molar-refractivity contribution is 14.1. The van der Waals surface area contributed by atoms with Gasteiger partial charge in [-0.2, -0.15) is 5.26 Å². The number of carbonyl (C=O) groups excluding carboxylic acids is 1. The van der Waals surface area contributed by atoms with E-state index in [0.717, 1.165) is 20.3 Å². The van der Waals surface area contributed by atoms with Crippen molar-refractivity contribution < 1.29 is 14.3 Å². The molecule has 1 amide bonds. The van der Waals surface area contributed by atoms with Crippen molar-refractivity contribution >= 4 is 51.9 Å². The third kappa shape index (κ3) is 6.52. The normalized spacial score (nSPS) is 11.0. The molecule has 0 atom stereocenters. The molecule has 0 aliphatic heterocycles. The first-order chi connectivity index (χ1) is 16.3. The van der Waals surface area contributed by atoms with Crippen LogP contribution in [0.2, 0.25) is 5.02 Å². The molecule has 3 aromatic rings. The fourth-order valence-corrected chi connectivity index (χ4v) is 4.24. The first kappa shape index (κ1) is 25.6. The Bertz CT molecular complexity index is 1280. The summed E-state index contributed by atoms with van der Waals surface area (Å²) in [5.74, 6) is 0.665. The third-order valence-corrected chi connectivity index (χ3v) is 6.17. The Morgan fingerprint density at radius 2 is 1.91 bits per heavy atom. The van der Waals surface area contributed by atoms with Crippen LogP contribution in [0.5, 0.6) is 11.5 Å². The monoisotopic (exact) mass is 586 g/mol. The Balaban J connectivity index is 1.86. The molecule has 0 fully saturated rings. The van der Waals surface area contributed by atoms with E-state index in [1.54, 1.807) is 12.1 Å². The summed E-state index contributed by atoms with van der Waals surface area (Å²) in [6.07, 6.45) is 1.55. The van der Waals surface area contributed by atoms with Crippen molar-refractivity contribution in [3.05, 3.63) is 91.0 Å². The maximum Gasteiger partial charge on any atom is 0.266 e. The van der Waals surface area contributed by atoms with Crippen molar-refractivity contribution in [3.8, 4) is 17.6 Å². The lowest BCUT2D eigenvalue weighted by Crippen LogP contribution is -2.14. The quantitative estimate of drug-likeness (QED) is 0.174. The SMILES string of the molecule is CCOc1cc(/C=C(\C#N)C(=O)Nc2cccc(C)c2C)cc(I)c1OCc1cccc(Cl)c1. The van der Waals surface area contributed by atoms with Crippen molar-refractivity contribution in [1.29, 1.82) is 5.26 Å². The molecule has 0 heterocycles. The van der Waals surface area contributed by atoms with E-state index >= 15 is 0 Å². The van der Waals surface area contributed by atoms with Gasteiger partial charge in [0.2, 0.25) is 0 Å². The van der Waals surface area contributed by atoms with E-state index in [4.69, 9.17) is 21.1 Å². The van der Waals surface area contributed by atoms with Gasteiger partial charge in [0, 0.05) is 10.7 Å². The average molecular weight is 587 g/mol. The first-order valence-corrected chi connectivity index (χ1v) is 12.1. The fraction of sp³-hybridized carbons (Fsp3) is 0.185. The van der Waals surface area contributed by atoms with Crippen LogP contribution in [0.4, 0.5) is 5.69 Å². The zero-order chi connectivity index (χ0) is 24.7. The minimum atomic E-state index is -0.467. The Labute approximate surface area is 218 Å². The van der Waals surface area contributed by atoms with Crippen LogP contribution in [0.15, 0.2) is 60.2 Å². The summed E-state index contributed by atoms with van der Waals surface area (Å²) in [5.41, 5.74) is 4.29. The molecular weight excluding hydrogens is 563 g/mol. The van der Waals surface area contributed by atoms with Crippen LogP contribution >= 0.6 is 34.2 Å². The molecule has 0 bridgehead atoms. The van der Waals surface area contributed by atoms with E-state index < -0.39 is 5.91 Å². The second-order valence-electron chi connectivity index (χ2n) is 7.55. The third-order valence-electron chi connectivity index (χ3n) is 5.13. The van der Waals surface area contributed by atoms with Gasteiger partial charge in [-0.05, 0) is 102 Å². The predicted octanol–water partition coefficient (Wildman–Crippen LogP) is 7.08. The zero-order valence-electron chi connectivity index (χ0n) is 19.1. The number of anilines is 1. The van der Waals surface area contributed by atoms with Crippen molar-refractivity contribution in [2.45, 2.75) is 27.4 Å². The number of carbonyl (C=O) groups is 1. The molecule has 174 valence electrons. The van der Waals surface area contributed by atoms with Gasteiger partial charge in [0.1, 0.15) is 18.2 Å². The minimum Gasteiger partial charge on any atom is -0.490 e. The topological polar surface area (TPSA) is 71.3 Å². The van der Waals surface area contributed by atoms with E-state index in [9.17, 15) is 10.1 Å². The molecule has 0 radical (unpaired) electrons. The lowest BCUT2D eigenvalue weighted by Gasteiger charge is -2.15. The number of nitriles is 1. The summed E-state index contributed by atoms with van der Waals surface area (Å²) in [6.45, 7) is 6.55. The van der Waals surface area contributed by atoms with Gasteiger partial charge < -0.3 is 14.8 Å². The predicted molar refractivity (Wildman–Crippen MR) is 144 cm³/mol. The van der Waals surface area contributed by atoms with Gasteiger partial charge in [0.05, 0.1) is 10.2 Å². The standard InChI is InChI=1S/C27H24ClIN2O3/c1-4-33-25-14-20(13-23(29)26(25)34-16-19-8-6-9-22(28)12-19)11-21(15-30)27(32)31-24-10-5-7-17(2)18(24)3/h5-14H,4,16H2,1-3H3,(H,31,32)/b21-11+. The summed E-state index contributed by atoms with van der Waals surface area (Å²) in [5, 5.41) is 13.1. The highest BCUT2D eigenvalue weighted by Crippen LogP contribution is 2.35. The molecule has 0 spiro atoms. The summed E-state index contributed by atoms with van der Waals surface area (Å²) < 4.78 is 12.6. The molecule has 0 aliphatic rings. The first-order valence-electron chi connectivity index (χ1n) is 10.6. The minimum absolute atomic E-state index is 0.00764. The molecule has 1 N–H and O–H groups in total. The van der Waals surface area contributed by atoms with Crippen molar-refractivity contribution in [1.82, 2.24) is 0 Å². The van der Waals surface area contributed by atoms with Crippen molar-refractivity contribution in [2.24, 2.45) is 0 Å². The largest absolute Gasteiger partial charge is 0.490 e. The molecule has 5 nitrogen and oxygen atoms in total. The Morgan fingerprint density at radius 1 is 1.15 bits per heavy atom. The molecule has 0 saturated carbocycles. The second-order valence-corrected chi connectivity index (χ2v) is 9.15. The molecule has 0 aliphatic carbocycles. The van der Waals surface area contributed by atoms with Crippen LogP contribution in [0.1, 0.15) is 29.2 Å². The Kier molecular flexibility index (Phi) is 8.97. The number of nitrogens with one attached hydrogen (secondary N) is 1.